The molecule has 5 heteroatoms. The van der Waals surface area contributed by atoms with Crippen LogP contribution in [-0.2, 0) is 6.42 Å². The highest BCUT2D eigenvalue weighted by atomic mass is 35.5. The van der Waals surface area contributed by atoms with E-state index >= 15 is 0 Å². The number of hydrogen-bond acceptors (Lipinski definition) is 3. The van der Waals surface area contributed by atoms with Crippen LogP contribution in [-0.4, -0.2) is 11.5 Å². The first-order chi connectivity index (χ1) is 9.61. The van der Waals surface area contributed by atoms with Gasteiger partial charge in [0, 0.05) is 16.0 Å². The van der Waals surface area contributed by atoms with Gasteiger partial charge in [0.2, 0.25) is 0 Å². The lowest BCUT2D eigenvalue weighted by atomic mass is 10.0. The maximum absolute atomic E-state index is 13.9. The van der Waals surface area contributed by atoms with Gasteiger partial charge >= 0.3 is 0 Å². The van der Waals surface area contributed by atoms with E-state index in [1.807, 2.05) is 12.3 Å². The minimum absolute atomic E-state index is 0.00528. The third kappa shape index (κ3) is 3.78. The average molecular weight is 313 g/mol. The Morgan fingerprint density at radius 1 is 1.45 bits per heavy atom. The molecule has 0 saturated carbocycles. The van der Waals surface area contributed by atoms with Gasteiger partial charge in [0.15, 0.2) is 0 Å². The first kappa shape index (κ1) is 15.4. The second kappa shape index (κ2) is 7.16. The van der Waals surface area contributed by atoms with Gasteiger partial charge in [-0.05, 0) is 38.4 Å². The quantitative estimate of drug-likeness (QED) is 0.848. The van der Waals surface area contributed by atoms with Gasteiger partial charge in [-0.2, -0.15) is 0 Å². The zero-order valence-corrected chi connectivity index (χ0v) is 13.2. The first-order valence-corrected chi connectivity index (χ1v) is 7.96. The van der Waals surface area contributed by atoms with Gasteiger partial charge in [0.1, 0.15) is 5.82 Å². The van der Waals surface area contributed by atoms with Gasteiger partial charge < -0.3 is 5.32 Å². The molecule has 0 fully saturated rings. The maximum Gasteiger partial charge on any atom is 0.127 e. The molecule has 1 unspecified atom stereocenters. The molecule has 0 saturated heterocycles. The van der Waals surface area contributed by atoms with Crippen molar-refractivity contribution in [1.29, 1.82) is 0 Å². The van der Waals surface area contributed by atoms with Crippen LogP contribution in [0.1, 0.15) is 35.7 Å². The van der Waals surface area contributed by atoms with Crippen molar-refractivity contribution in [3.63, 3.8) is 0 Å². The van der Waals surface area contributed by atoms with Gasteiger partial charge in [0.05, 0.1) is 16.7 Å². The second-order valence-corrected chi connectivity index (χ2v) is 6.17. The summed E-state index contributed by atoms with van der Waals surface area (Å²) >= 11 is 7.72. The molecule has 0 aliphatic rings. The molecule has 20 heavy (non-hydrogen) atoms. The number of aromatic nitrogens is 1. The largest absolute Gasteiger partial charge is 0.308 e. The summed E-state index contributed by atoms with van der Waals surface area (Å²) in [6.45, 7) is 4.95. The van der Waals surface area contributed by atoms with Crippen molar-refractivity contribution in [2.45, 2.75) is 32.7 Å². The number of thiazole rings is 1. The van der Waals surface area contributed by atoms with E-state index in [9.17, 15) is 4.39 Å². The fourth-order valence-corrected chi connectivity index (χ4v) is 2.98. The minimum atomic E-state index is -0.257. The molecule has 0 aliphatic heterocycles. The summed E-state index contributed by atoms with van der Waals surface area (Å²) in [6.07, 6.45) is 1.53. The summed E-state index contributed by atoms with van der Waals surface area (Å²) in [5.74, 6) is -0.257. The zero-order chi connectivity index (χ0) is 14.5. The van der Waals surface area contributed by atoms with E-state index in [1.165, 1.54) is 6.07 Å². The van der Waals surface area contributed by atoms with Crippen LogP contribution in [0.25, 0.3) is 0 Å². The lowest BCUT2D eigenvalue weighted by Crippen LogP contribution is -2.25. The number of benzene rings is 1. The molecule has 1 atom stereocenters. The predicted molar refractivity (Wildman–Crippen MR) is 83.0 cm³/mol. The van der Waals surface area contributed by atoms with Crippen LogP contribution in [0.4, 0.5) is 4.39 Å². The Bertz CT molecular complexity index is 551. The highest BCUT2D eigenvalue weighted by Crippen LogP contribution is 2.26. The van der Waals surface area contributed by atoms with E-state index in [0.29, 0.717) is 17.0 Å². The lowest BCUT2D eigenvalue weighted by molar-refractivity contribution is 0.505. The molecule has 1 heterocycles. The Kier molecular flexibility index (Phi) is 5.52. The molecular weight excluding hydrogens is 295 g/mol. The van der Waals surface area contributed by atoms with Crippen molar-refractivity contribution in [1.82, 2.24) is 10.3 Å². The van der Waals surface area contributed by atoms with E-state index in [0.717, 1.165) is 23.7 Å². The Labute approximate surface area is 128 Å². The summed E-state index contributed by atoms with van der Waals surface area (Å²) < 4.78 is 13.9. The van der Waals surface area contributed by atoms with Crippen molar-refractivity contribution in [3.05, 3.63) is 50.7 Å². The normalized spacial score (nSPS) is 12.6. The molecule has 0 amide bonds. The summed E-state index contributed by atoms with van der Waals surface area (Å²) in [5.41, 5.74) is 1.51. The highest BCUT2D eigenvalue weighted by molar-refractivity contribution is 7.09. The number of halogens is 2. The number of rotatable bonds is 6. The van der Waals surface area contributed by atoms with Crippen molar-refractivity contribution in [2.24, 2.45) is 0 Å². The highest BCUT2D eigenvalue weighted by Gasteiger charge is 2.18. The van der Waals surface area contributed by atoms with E-state index in [-0.39, 0.29) is 11.9 Å². The molecule has 2 nitrogen and oxygen atoms in total. The van der Waals surface area contributed by atoms with Gasteiger partial charge in [-0.15, -0.1) is 11.3 Å². The first-order valence-electron chi connectivity index (χ1n) is 6.70. The van der Waals surface area contributed by atoms with Crippen LogP contribution in [0.2, 0.25) is 5.02 Å². The van der Waals surface area contributed by atoms with Crippen molar-refractivity contribution in [2.75, 3.05) is 6.54 Å². The van der Waals surface area contributed by atoms with Crippen LogP contribution in [0, 0.1) is 12.7 Å². The molecule has 1 aromatic carbocycles. The molecule has 2 rings (SSSR count). The Balaban J connectivity index is 2.23. The smallest absolute Gasteiger partial charge is 0.127 e. The Hall–Kier alpha value is -0.970. The number of nitrogens with one attached hydrogen (secondary N) is 1. The van der Waals surface area contributed by atoms with E-state index in [2.05, 4.69) is 17.2 Å². The summed E-state index contributed by atoms with van der Waals surface area (Å²) in [5, 5.41) is 6.94. The molecule has 108 valence electrons. The van der Waals surface area contributed by atoms with E-state index < -0.39 is 0 Å². The summed E-state index contributed by atoms with van der Waals surface area (Å²) in [7, 11) is 0. The maximum atomic E-state index is 13.9. The second-order valence-electron chi connectivity index (χ2n) is 4.70. The Morgan fingerprint density at radius 2 is 2.25 bits per heavy atom. The summed E-state index contributed by atoms with van der Waals surface area (Å²) in [6, 6.07) is 4.80. The topological polar surface area (TPSA) is 24.9 Å². The molecule has 1 N–H and O–H groups in total. The molecule has 0 bridgehead atoms. The van der Waals surface area contributed by atoms with E-state index in [4.69, 9.17) is 11.6 Å². The van der Waals surface area contributed by atoms with Gasteiger partial charge in [-0.1, -0.05) is 24.6 Å². The predicted octanol–water partition coefficient (Wildman–Crippen LogP) is 4.53. The minimum Gasteiger partial charge on any atom is -0.308 e. The van der Waals surface area contributed by atoms with Crippen molar-refractivity contribution in [3.8, 4) is 0 Å². The van der Waals surface area contributed by atoms with Crippen molar-refractivity contribution >= 4 is 22.9 Å². The van der Waals surface area contributed by atoms with Crippen LogP contribution in [0.15, 0.2) is 23.6 Å². The standard InChI is InChI=1S/C15H18ClFN2S/c1-3-7-18-14(15-9-20-10(2)19-15)8-11-12(16)5-4-6-13(11)17/h4-6,9,14,18H,3,7-8H2,1-2H3. The fourth-order valence-electron chi connectivity index (χ4n) is 2.07. The van der Waals surface area contributed by atoms with Crippen LogP contribution in [0.3, 0.4) is 0 Å². The zero-order valence-electron chi connectivity index (χ0n) is 11.6. The molecular formula is C15H18ClFN2S. The summed E-state index contributed by atoms with van der Waals surface area (Å²) in [4.78, 5) is 4.51. The number of aryl methyl sites for hydroxylation is 1. The third-order valence-electron chi connectivity index (χ3n) is 3.10. The van der Waals surface area contributed by atoms with Gasteiger partial charge in [0.25, 0.3) is 0 Å². The van der Waals surface area contributed by atoms with Crippen LogP contribution >= 0.6 is 22.9 Å². The molecule has 0 spiro atoms. The lowest BCUT2D eigenvalue weighted by Gasteiger charge is -2.17. The van der Waals surface area contributed by atoms with Crippen molar-refractivity contribution < 1.29 is 4.39 Å². The van der Waals surface area contributed by atoms with Gasteiger partial charge in [-0.25, -0.2) is 9.37 Å². The monoisotopic (exact) mass is 312 g/mol. The molecule has 0 aliphatic carbocycles. The number of nitrogens with zero attached hydrogens (tertiary/aromatic N) is 1. The van der Waals surface area contributed by atoms with E-state index in [1.54, 1.807) is 23.5 Å². The molecule has 2 aromatic rings. The average Bonchev–Trinajstić information content (AvgIpc) is 2.84. The SMILES string of the molecule is CCCNC(Cc1c(F)cccc1Cl)c1csc(C)n1. The molecule has 1 aromatic heterocycles. The molecule has 0 radical (unpaired) electrons. The Morgan fingerprint density at radius 3 is 2.85 bits per heavy atom. The van der Waals surface area contributed by atoms with Crippen LogP contribution < -0.4 is 5.32 Å². The number of hydrogen-bond donors (Lipinski definition) is 1. The van der Waals surface area contributed by atoms with Gasteiger partial charge in [-0.3, -0.25) is 0 Å². The van der Waals surface area contributed by atoms with Crippen LogP contribution in [0.5, 0.6) is 0 Å². The fraction of sp³-hybridized carbons (Fsp3) is 0.400. The third-order valence-corrected chi connectivity index (χ3v) is 4.25.